The first-order valence-corrected chi connectivity index (χ1v) is 10.0. The average Bonchev–Trinajstić information content (AvgIpc) is 3.40. The van der Waals surface area contributed by atoms with E-state index in [1.807, 2.05) is 19.9 Å². The standard InChI is InChI=1S/C25H20N2O5/c1-15(2)32-19-6-3-5-17(13-19)23(28)21-22(20-7-4-12-31-20)27(25(30)24(21)29)18-10-8-16(14-26)9-11-18/h3-13,15,22,28H,1-2H3/b23-21-. The van der Waals surface area contributed by atoms with Gasteiger partial charge in [-0.3, -0.25) is 14.5 Å². The number of benzene rings is 2. The first kappa shape index (κ1) is 20.9. The summed E-state index contributed by atoms with van der Waals surface area (Å²) in [5.74, 6) is -1.10. The molecule has 4 rings (SSSR count). The van der Waals surface area contributed by atoms with Gasteiger partial charge in [0.25, 0.3) is 11.7 Å². The molecule has 1 atom stereocenters. The summed E-state index contributed by atoms with van der Waals surface area (Å²) >= 11 is 0. The van der Waals surface area contributed by atoms with Crippen molar-refractivity contribution in [1.29, 1.82) is 5.26 Å². The molecule has 7 heteroatoms. The highest BCUT2D eigenvalue weighted by molar-refractivity contribution is 6.51. The number of ether oxygens (including phenoxy) is 1. The topological polar surface area (TPSA) is 104 Å². The van der Waals surface area contributed by atoms with Gasteiger partial charge in [0.15, 0.2) is 0 Å². The van der Waals surface area contributed by atoms with Crippen LogP contribution in [0.1, 0.15) is 36.8 Å². The van der Waals surface area contributed by atoms with Gasteiger partial charge in [-0.15, -0.1) is 0 Å². The van der Waals surface area contributed by atoms with Crippen molar-refractivity contribution in [1.82, 2.24) is 0 Å². The van der Waals surface area contributed by atoms with E-state index in [1.54, 1.807) is 60.7 Å². The van der Waals surface area contributed by atoms with Crippen molar-refractivity contribution in [2.24, 2.45) is 0 Å². The first-order chi connectivity index (χ1) is 15.4. The number of aliphatic hydroxyl groups excluding tert-OH is 1. The summed E-state index contributed by atoms with van der Waals surface area (Å²) in [6.07, 6.45) is 1.36. The summed E-state index contributed by atoms with van der Waals surface area (Å²) < 4.78 is 11.2. The van der Waals surface area contributed by atoms with Gasteiger partial charge in [-0.2, -0.15) is 5.26 Å². The second-order valence-corrected chi connectivity index (χ2v) is 7.54. The number of nitriles is 1. The highest BCUT2D eigenvalue weighted by Gasteiger charge is 2.48. The number of ketones is 1. The van der Waals surface area contributed by atoms with Gasteiger partial charge in [0.2, 0.25) is 0 Å². The Morgan fingerprint density at radius 2 is 1.88 bits per heavy atom. The van der Waals surface area contributed by atoms with Crippen LogP contribution in [0.3, 0.4) is 0 Å². The smallest absolute Gasteiger partial charge is 0.300 e. The van der Waals surface area contributed by atoms with Crippen molar-refractivity contribution in [2.75, 3.05) is 4.90 Å². The Morgan fingerprint density at radius 3 is 2.50 bits per heavy atom. The Bertz CT molecular complexity index is 1230. The number of carbonyl (C=O) groups excluding carboxylic acids is 2. The molecule has 2 aromatic carbocycles. The van der Waals surface area contributed by atoms with Crippen molar-refractivity contribution in [3.8, 4) is 11.8 Å². The van der Waals surface area contributed by atoms with Gasteiger partial charge in [0.1, 0.15) is 23.3 Å². The maximum atomic E-state index is 13.1. The molecule has 1 aliphatic heterocycles. The lowest BCUT2D eigenvalue weighted by Gasteiger charge is -2.23. The van der Waals surface area contributed by atoms with E-state index in [1.165, 1.54) is 11.2 Å². The van der Waals surface area contributed by atoms with E-state index >= 15 is 0 Å². The molecule has 1 aromatic heterocycles. The fourth-order valence-electron chi connectivity index (χ4n) is 3.66. The Morgan fingerprint density at radius 1 is 1.12 bits per heavy atom. The molecular weight excluding hydrogens is 408 g/mol. The molecule has 2 heterocycles. The first-order valence-electron chi connectivity index (χ1n) is 10.0. The summed E-state index contributed by atoms with van der Waals surface area (Å²) in [7, 11) is 0. The molecule has 1 saturated heterocycles. The van der Waals surface area contributed by atoms with Crippen LogP contribution in [0.25, 0.3) is 5.76 Å². The minimum atomic E-state index is -0.965. The van der Waals surface area contributed by atoms with Gasteiger partial charge >= 0.3 is 0 Å². The van der Waals surface area contributed by atoms with Crippen LogP contribution < -0.4 is 9.64 Å². The van der Waals surface area contributed by atoms with Gasteiger partial charge in [0.05, 0.1) is 29.6 Å². The largest absolute Gasteiger partial charge is 0.507 e. The van der Waals surface area contributed by atoms with Crippen LogP contribution in [0, 0.1) is 11.3 Å². The maximum Gasteiger partial charge on any atom is 0.300 e. The van der Waals surface area contributed by atoms with Crippen LogP contribution in [0.15, 0.2) is 76.9 Å². The lowest BCUT2D eigenvalue weighted by molar-refractivity contribution is -0.132. The molecule has 1 aliphatic rings. The number of hydrogen-bond acceptors (Lipinski definition) is 6. The number of nitrogens with zero attached hydrogens (tertiary/aromatic N) is 2. The van der Waals surface area contributed by atoms with Crippen LogP contribution >= 0.6 is 0 Å². The zero-order valence-corrected chi connectivity index (χ0v) is 17.5. The predicted molar refractivity (Wildman–Crippen MR) is 117 cm³/mol. The molecule has 0 saturated carbocycles. The van der Waals surface area contributed by atoms with Crippen LogP contribution in [-0.4, -0.2) is 22.9 Å². The van der Waals surface area contributed by atoms with E-state index in [4.69, 9.17) is 14.4 Å². The van der Waals surface area contributed by atoms with Crippen LogP contribution in [0.2, 0.25) is 0 Å². The van der Waals surface area contributed by atoms with E-state index in [0.29, 0.717) is 28.3 Å². The zero-order chi connectivity index (χ0) is 22.8. The molecule has 0 radical (unpaired) electrons. The van der Waals surface area contributed by atoms with Gasteiger partial charge < -0.3 is 14.3 Å². The molecule has 1 N–H and O–H groups in total. The molecule has 32 heavy (non-hydrogen) atoms. The second kappa shape index (κ2) is 8.44. The molecule has 3 aromatic rings. The van der Waals surface area contributed by atoms with E-state index in [-0.39, 0.29) is 17.4 Å². The number of aliphatic hydroxyl groups is 1. The highest BCUT2D eigenvalue weighted by Crippen LogP contribution is 2.42. The van der Waals surface area contributed by atoms with Crippen molar-refractivity contribution < 1.29 is 23.8 Å². The van der Waals surface area contributed by atoms with Gasteiger partial charge in [-0.25, -0.2) is 0 Å². The van der Waals surface area contributed by atoms with E-state index < -0.39 is 17.7 Å². The Labute approximate surface area is 184 Å². The SMILES string of the molecule is CC(C)Oc1cccc(/C(O)=C2/C(=O)C(=O)N(c3ccc(C#N)cc3)C2c2ccco2)c1. The maximum absolute atomic E-state index is 13.1. The van der Waals surface area contributed by atoms with Crippen molar-refractivity contribution in [2.45, 2.75) is 26.0 Å². The third kappa shape index (κ3) is 3.74. The molecule has 0 spiro atoms. The molecule has 1 unspecified atom stereocenters. The predicted octanol–water partition coefficient (Wildman–Crippen LogP) is 4.56. The van der Waals surface area contributed by atoms with Gasteiger partial charge in [-0.1, -0.05) is 12.1 Å². The minimum absolute atomic E-state index is 0.0718. The minimum Gasteiger partial charge on any atom is -0.507 e. The summed E-state index contributed by atoms with van der Waals surface area (Å²) in [5.41, 5.74) is 1.08. The number of carbonyl (C=O) groups is 2. The van der Waals surface area contributed by atoms with Crippen molar-refractivity contribution >= 4 is 23.1 Å². The van der Waals surface area contributed by atoms with Crippen LogP contribution in [0.5, 0.6) is 5.75 Å². The third-order valence-electron chi connectivity index (χ3n) is 5.01. The van der Waals surface area contributed by atoms with Crippen LogP contribution in [-0.2, 0) is 9.59 Å². The van der Waals surface area contributed by atoms with E-state index in [0.717, 1.165) is 0 Å². The number of hydrogen-bond donors (Lipinski definition) is 1. The zero-order valence-electron chi connectivity index (χ0n) is 17.5. The lowest BCUT2D eigenvalue weighted by Crippen LogP contribution is -2.29. The summed E-state index contributed by atoms with van der Waals surface area (Å²) in [6, 6.07) is 17.3. The third-order valence-corrected chi connectivity index (χ3v) is 5.01. The second-order valence-electron chi connectivity index (χ2n) is 7.54. The number of rotatable bonds is 5. The van der Waals surface area contributed by atoms with Crippen molar-refractivity contribution in [3.63, 3.8) is 0 Å². The van der Waals surface area contributed by atoms with Crippen molar-refractivity contribution in [3.05, 3.63) is 89.4 Å². The summed E-state index contributed by atoms with van der Waals surface area (Å²) in [5, 5.41) is 20.2. The summed E-state index contributed by atoms with van der Waals surface area (Å²) in [6.45, 7) is 3.76. The fraction of sp³-hybridized carbons (Fsp3) is 0.160. The molecule has 1 amide bonds. The lowest BCUT2D eigenvalue weighted by atomic mass is 9.99. The van der Waals surface area contributed by atoms with Gasteiger partial charge in [0, 0.05) is 11.3 Å². The summed E-state index contributed by atoms with van der Waals surface area (Å²) in [4.78, 5) is 27.4. The quantitative estimate of drug-likeness (QED) is 0.363. The van der Waals surface area contributed by atoms with E-state index in [2.05, 4.69) is 0 Å². The Kier molecular flexibility index (Phi) is 5.52. The molecule has 0 bridgehead atoms. The van der Waals surface area contributed by atoms with E-state index in [9.17, 15) is 14.7 Å². The molecule has 7 nitrogen and oxygen atoms in total. The van der Waals surface area contributed by atoms with Gasteiger partial charge in [-0.05, 0) is 62.4 Å². The monoisotopic (exact) mass is 428 g/mol. The Hall–Kier alpha value is -4.31. The number of furan rings is 1. The van der Waals surface area contributed by atoms with Crippen LogP contribution in [0.4, 0.5) is 5.69 Å². The molecule has 0 aliphatic carbocycles. The highest BCUT2D eigenvalue weighted by atomic mass is 16.5. The Balaban J connectivity index is 1.86. The number of anilines is 1. The number of amides is 1. The molecular formula is C25H20N2O5. The fourth-order valence-corrected chi connectivity index (χ4v) is 3.66. The average molecular weight is 428 g/mol. The number of Topliss-reactive ketones (excluding diaryl/α,β-unsaturated/α-hetero) is 1. The molecule has 160 valence electrons. The molecule has 1 fully saturated rings. The normalized spacial score (nSPS) is 17.6.